The van der Waals surface area contributed by atoms with Crippen molar-refractivity contribution in [2.75, 3.05) is 0 Å². The molecule has 0 saturated heterocycles. The summed E-state index contributed by atoms with van der Waals surface area (Å²) in [4.78, 5) is 10.3. The molecule has 0 unspecified atom stereocenters. The van der Waals surface area contributed by atoms with E-state index in [1.54, 1.807) is 12.2 Å². The molecule has 10 heavy (non-hydrogen) atoms. The van der Waals surface area contributed by atoms with Gasteiger partial charge in [-0.15, -0.1) is 0 Å². The number of allylic oxidation sites excluding steroid dienone is 5. The number of rotatable bonds is 3. The summed E-state index contributed by atoms with van der Waals surface area (Å²) in [6.45, 7) is 5.33. The zero-order chi connectivity index (χ0) is 7.98. The van der Waals surface area contributed by atoms with E-state index in [0.29, 0.717) is 5.57 Å². The maximum atomic E-state index is 10.3. The first-order valence-corrected chi connectivity index (χ1v) is 3.65. The fraction of sp³-hybridized carbons (Fsp3) is 0.125. The number of halogens is 1. The number of hydrogen-bond acceptors (Lipinski definition) is 1. The summed E-state index contributed by atoms with van der Waals surface area (Å²) in [5.74, 6) is 0. The molecular formula is C8H9BrO. The minimum absolute atomic E-state index is 0.609. The molecule has 1 nitrogen and oxygen atoms in total. The fourth-order valence-corrected chi connectivity index (χ4v) is 0.694. The van der Waals surface area contributed by atoms with E-state index in [0.717, 1.165) is 10.8 Å². The average molecular weight is 201 g/mol. The molecule has 0 atom stereocenters. The van der Waals surface area contributed by atoms with Gasteiger partial charge in [0.25, 0.3) is 0 Å². The second-order valence-corrected chi connectivity index (χ2v) is 2.47. The Kier molecular flexibility index (Phi) is 4.85. The molecule has 0 aliphatic rings. The van der Waals surface area contributed by atoms with E-state index < -0.39 is 0 Å². The third kappa shape index (κ3) is 2.78. The largest absolute Gasteiger partial charge is 0.298 e. The van der Waals surface area contributed by atoms with Gasteiger partial charge in [0.1, 0.15) is 0 Å². The summed E-state index contributed by atoms with van der Waals surface area (Å²) in [6.07, 6.45) is 5.82. The minimum atomic E-state index is 0.609. The highest BCUT2D eigenvalue weighted by molar-refractivity contribution is 9.12. The molecule has 2 heteroatoms. The summed E-state index contributed by atoms with van der Waals surface area (Å²) in [5.41, 5.74) is 0.609. The van der Waals surface area contributed by atoms with Crippen LogP contribution in [0.4, 0.5) is 0 Å². The van der Waals surface area contributed by atoms with Crippen LogP contribution in [0.2, 0.25) is 0 Å². The molecule has 0 heterocycles. The molecule has 0 bridgehead atoms. The molecule has 0 aromatic rings. The van der Waals surface area contributed by atoms with E-state index in [1.165, 1.54) is 0 Å². The zero-order valence-corrected chi connectivity index (χ0v) is 7.39. The predicted molar refractivity (Wildman–Crippen MR) is 47.0 cm³/mol. The highest BCUT2D eigenvalue weighted by Gasteiger charge is 1.94. The van der Waals surface area contributed by atoms with Crippen molar-refractivity contribution in [2.45, 2.75) is 6.92 Å². The number of carbonyl (C=O) groups is 1. The molecule has 0 amide bonds. The van der Waals surface area contributed by atoms with E-state index in [9.17, 15) is 4.79 Å². The first-order valence-electron chi connectivity index (χ1n) is 2.86. The summed E-state index contributed by atoms with van der Waals surface area (Å²) in [5, 5.41) is 0. The SMILES string of the molecule is C=C/C=C(C=O)\C(Br)=C/C. The van der Waals surface area contributed by atoms with Gasteiger partial charge in [0, 0.05) is 10.1 Å². The molecule has 54 valence electrons. The van der Waals surface area contributed by atoms with E-state index in [1.807, 2.05) is 13.0 Å². The Morgan fingerprint density at radius 1 is 1.60 bits per heavy atom. The second kappa shape index (κ2) is 5.18. The molecule has 0 spiro atoms. The number of carbonyl (C=O) groups excluding carboxylic acids is 1. The fourth-order valence-electron chi connectivity index (χ4n) is 0.469. The highest BCUT2D eigenvalue weighted by Crippen LogP contribution is 2.14. The van der Waals surface area contributed by atoms with Crippen molar-refractivity contribution in [1.29, 1.82) is 0 Å². The summed E-state index contributed by atoms with van der Waals surface area (Å²) in [6, 6.07) is 0. The smallest absolute Gasteiger partial charge is 0.151 e. The van der Waals surface area contributed by atoms with E-state index >= 15 is 0 Å². The van der Waals surface area contributed by atoms with Crippen molar-refractivity contribution < 1.29 is 4.79 Å². The first-order chi connectivity index (χ1) is 4.76. The van der Waals surface area contributed by atoms with Crippen molar-refractivity contribution in [3.63, 3.8) is 0 Å². The van der Waals surface area contributed by atoms with Crippen LogP contribution in [0.15, 0.2) is 34.9 Å². The lowest BCUT2D eigenvalue weighted by atomic mass is 10.2. The van der Waals surface area contributed by atoms with Crippen LogP contribution < -0.4 is 0 Å². The summed E-state index contributed by atoms with van der Waals surface area (Å²) < 4.78 is 0.794. The maximum Gasteiger partial charge on any atom is 0.151 e. The van der Waals surface area contributed by atoms with Gasteiger partial charge in [0.2, 0.25) is 0 Å². The van der Waals surface area contributed by atoms with E-state index in [-0.39, 0.29) is 0 Å². The van der Waals surface area contributed by atoms with Crippen molar-refractivity contribution in [3.05, 3.63) is 34.9 Å². The molecule has 0 aliphatic heterocycles. The van der Waals surface area contributed by atoms with Crippen LogP contribution in [0.3, 0.4) is 0 Å². The molecule has 0 radical (unpaired) electrons. The van der Waals surface area contributed by atoms with Gasteiger partial charge >= 0.3 is 0 Å². The minimum Gasteiger partial charge on any atom is -0.298 e. The third-order valence-electron chi connectivity index (χ3n) is 0.954. The summed E-state index contributed by atoms with van der Waals surface area (Å²) >= 11 is 3.22. The van der Waals surface area contributed by atoms with Gasteiger partial charge < -0.3 is 0 Å². The Hall–Kier alpha value is -0.630. The first kappa shape index (κ1) is 9.37. The topological polar surface area (TPSA) is 17.1 Å². The van der Waals surface area contributed by atoms with Crippen molar-refractivity contribution in [1.82, 2.24) is 0 Å². The number of aldehydes is 1. The van der Waals surface area contributed by atoms with Gasteiger partial charge in [-0.3, -0.25) is 4.79 Å². The van der Waals surface area contributed by atoms with Gasteiger partial charge in [-0.2, -0.15) is 0 Å². The Morgan fingerprint density at radius 2 is 2.20 bits per heavy atom. The lowest BCUT2D eigenvalue weighted by molar-refractivity contribution is -0.104. The average Bonchev–Trinajstić information content (AvgIpc) is 1.99. The summed E-state index contributed by atoms with van der Waals surface area (Å²) in [7, 11) is 0. The van der Waals surface area contributed by atoms with Crippen LogP contribution in [-0.2, 0) is 4.79 Å². The van der Waals surface area contributed by atoms with E-state index in [4.69, 9.17) is 0 Å². The Morgan fingerprint density at radius 3 is 2.50 bits per heavy atom. The van der Waals surface area contributed by atoms with Crippen molar-refractivity contribution >= 4 is 22.2 Å². The Bertz CT molecular complexity index is 189. The standard InChI is InChI=1S/C8H9BrO/c1-3-5-7(6-10)8(9)4-2/h3-6H,1H2,2H3/b7-5-,8-4+. The third-order valence-corrected chi connectivity index (χ3v) is 1.87. The van der Waals surface area contributed by atoms with Gasteiger partial charge in [-0.1, -0.05) is 40.7 Å². The van der Waals surface area contributed by atoms with Crippen LogP contribution in [-0.4, -0.2) is 6.29 Å². The van der Waals surface area contributed by atoms with Crippen LogP contribution in [0.25, 0.3) is 0 Å². The van der Waals surface area contributed by atoms with Gasteiger partial charge in [0.05, 0.1) is 0 Å². The highest BCUT2D eigenvalue weighted by atomic mass is 79.9. The van der Waals surface area contributed by atoms with Crippen LogP contribution in [0.5, 0.6) is 0 Å². The lowest BCUT2D eigenvalue weighted by Gasteiger charge is -1.92. The lowest BCUT2D eigenvalue weighted by Crippen LogP contribution is -1.81. The van der Waals surface area contributed by atoms with Crippen LogP contribution >= 0.6 is 15.9 Å². The van der Waals surface area contributed by atoms with Crippen LogP contribution in [0, 0.1) is 0 Å². The zero-order valence-electron chi connectivity index (χ0n) is 5.80. The number of hydrogen-bond donors (Lipinski definition) is 0. The molecule has 0 fully saturated rings. The Balaban J connectivity index is 4.51. The molecule has 0 rings (SSSR count). The monoisotopic (exact) mass is 200 g/mol. The molecular weight excluding hydrogens is 192 g/mol. The van der Waals surface area contributed by atoms with Gasteiger partial charge in [0.15, 0.2) is 6.29 Å². The molecule has 0 aromatic carbocycles. The molecule has 0 N–H and O–H groups in total. The van der Waals surface area contributed by atoms with Crippen molar-refractivity contribution in [3.8, 4) is 0 Å². The molecule has 0 aliphatic carbocycles. The Labute approximate surface area is 69.3 Å². The second-order valence-electron chi connectivity index (χ2n) is 1.61. The predicted octanol–water partition coefficient (Wildman–Crippen LogP) is 2.60. The van der Waals surface area contributed by atoms with E-state index in [2.05, 4.69) is 22.5 Å². The van der Waals surface area contributed by atoms with Gasteiger partial charge in [-0.25, -0.2) is 0 Å². The molecule has 0 aromatic heterocycles. The van der Waals surface area contributed by atoms with Gasteiger partial charge in [-0.05, 0) is 6.92 Å². The quantitative estimate of drug-likeness (QED) is 0.389. The maximum absolute atomic E-state index is 10.3. The van der Waals surface area contributed by atoms with Crippen LogP contribution in [0.1, 0.15) is 6.92 Å². The molecule has 0 saturated carbocycles. The van der Waals surface area contributed by atoms with Crippen molar-refractivity contribution in [2.24, 2.45) is 0 Å². The normalized spacial score (nSPS) is 13.0.